The summed E-state index contributed by atoms with van der Waals surface area (Å²) < 4.78 is 7.86. The maximum absolute atomic E-state index is 5.62. The van der Waals surface area contributed by atoms with Crippen molar-refractivity contribution in [2.45, 2.75) is 40.0 Å². The zero-order chi connectivity index (χ0) is 13.7. The maximum Gasteiger partial charge on any atom is 0.119 e. The van der Waals surface area contributed by atoms with Crippen LogP contribution in [0.25, 0.3) is 0 Å². The number of benzene rings is 1. The van der Waals surface area contributed by atoms with Crippen LogP contribution < -0.4 is 10.1 Å². The normalized spacial score (nSPS) is 10.7. The van der Waals surface area contributed by atoms with Gasteiger partial charge < -0.3 is 14.6 Å². The van der Waals surface area contributed by atoms with Crippen LogP contribution in [0.4, 0.5) is 5.69 Å². The van der Waals surface area contributed by atoms with E-state index < -0.39 is 0 Å². The second kappa shape index (κ2) is 6.32. The molecule has 2 aromatic rings. The van der Waals surface area contributed by atoms with Crippen LogP contribution in [0.3, 0.4) is 0 Å². The Morgan fingerprint density at radius 2 is 1.89 bits per heavy atom. The molecule has 1 aromatic heterocycles. The van der Waals surface area contributed by atoms with Crippen LogP contribution in [0.5, 0.6) is 5.75 Å². The summed E-state index contributed by atoms with van der Waals surface area (Å²) >= 11 is 0. The van der Waals surface area contributed by atoms with Gasteiger partial charge in [0.2, 0.25) is 0 Å². The van der Waals surface area contributed by atoms with Crippen molar-refractivity contribution in [2.75, 3.05) is 5.32 Å². The average molecular weight is 258 g/mol. The first kappa shape index (κ1) is 13.5. The molecule has 0 unspecified atom stereocenters. The number of anilines is 1. The van der Waals surface area contributed by atoms with Crippen LogP contribution in [0.15, 0.2) is 42.6 Å². The highest BCUT2D eigenvalue weighted by Gasteiger charge is 2.00. The standard InChI is InChI=1S/C16H22N2O/c1-4-18-11-5-6-15(18)12-17-14-7-9-16(10-8-14)19-13(2)3/h5-11,13,17H,4,12H2,1-3H3. The first-order valence-electron chi connectivity index (χ1n) is 6.83. The SMILES string of the molecule is CCn1cccc1CNc1ccc(OC(C)C)cc1. The van der Waals surface area contributed by atoms with Crippen LogP contribution >= 0.6 is 0 Å². The van der Waals surface area contributed by atoms with Gasteiger partial charge in [0.15, 0.2) is 0 Å². The summed E-state index contributed by atoms with van der Waals surface area (Å²) in [5, 5.41) is 3.43. The van der Waals surface area contributed by atoms with Crippen molar-refractivity contribution in [1.29, 1.82) is 0 Å². The Balaban J connectivity index is 1.93. The molecule has 3 nitrogen and oxygen atoms in total. The van der Waals surface area contributed by atoms with Gasteiger partial charge >= 0.3 is 0 Å². The Bertz CT molecular complexity index is 500. The number of nitrogens with zero attached hydrogens (tertiary/aromatic N) is 1. The summed E-state index contributed by atoms with van der Waals surface area (Å²) in [6, 6.07) is 12.3. The van der Waals surface area contributed by atoms with E-state index in [1.165, 1.54) is 5.69 Å². The molecule has 0 aliphatic rings. The third kappa shape index (κ3) is 3.78. The van der Waals surface area contributed by atoms with Gasteiger partial charge in [-0.15, -0.1) is 0 Å². The molecule has 19 heavy (non-hydrogen) atoms. The molecule has 2 rings (SSSR count). The number of hydrogen-bond donors (Lipinski definition) is 1. The monoisotopic (exact) mass is 258 g/mol. The van der Waals surface area contributed by atoms with Gasteiger partial charge in [-0.1, -0.05) is 0 Å². The average Bonchev–Trinajstić information content (AvgIpc) is 2.84. The third-order valence-electron chi connectivity index (χ3n) is 2.96. The highest BCUT2D eigenvalue weighted by atomic mass is 16.5. The topological polar surface area (TPSA) is 26.2 Å². The Morgan fingerprint density at radius 3 is 2.53 bits per heavy atom. The maximum atomic E-state index is 5.62. The molecule has 0 atom stereocenters. The van der Waals surface area contributed by atoms with Crippen LogP contribution in [-0.2, 0) is 13.1 Å². The predicted molar refractivity (Wildman–Crippen MR) is 79.6 cm³/mol. The van der Waals surface area contributed by atoms with E-state index in [4.69, 9.17) is 4.74 Å². The molecule has 1 N–H and O–H groups in total. The molecule has 0 saturated carbocycles. The van der Waals surface area contributed by atoms with E-state index in [9.17, 15) is 0 Å². The molecule has 0 spiro atoms. The molecule has 0 aliphatic heterocycles. The number of rotatable bonds is 6. The highest BCUT2D eigenvalue weighted by molar-refractivity contribution is 5.46. The molecular formula is C16H22N2O. The lowest BCUT2D eigenvalue weighted by Crippen LogP contribution is -2.07. The number of aromatic nitrogens is 1. The van der Waals surface area contributed by atoms with E-state index in [1.807, 2.05) is 26.0 Å². The van der Waals surface area contributed by atoms with Crippen LogP contribution in [0.1, 0.15) is 26.5 Å². The molecule has 0 amide bonds. The van der Waals surface area contributed by atoms with Crippen LogP contribution in [0.2, 0.25) is 0 Å². The van der Waals surface area contributed by atoms with Gasteiger partial charge in [0.1, 0.15) is 5.75 Å². The van der Waals surface area contributed by atoms with E-state index >= 15 is 0 Å². The number of aryl methyl sites for hydroxylation is 1. The number of nitrogens with one attached hydrogen (secondary N) is 1. The summed E-state index contributed by atoms with van der Waals surface area (Å²) in [6.45, 7) is 8.06. The van der Waals surface area contributed by atoms with Crippen molar-refractivity contribution < 1.29 is 4.74 Å². The predicted octanol–water partition coefficient (Wildman–Crippen LogP) is 3.91. The molecule has 0 radical (unpaired) electrons. The Kier molecular flexibility index (Phi) is 4.50. The summed E-state index contributed by atoms with van der Waals surface area (Å²) in [5.74, 6) is 0.914. The quantitative estimate of drug-likeness (QED) is 0.850. The van der Waals surface area contributed by atoms with Gasteiger partial charge in [0.25, 0.3) is 0 Å². The lowest BCUT2D eigenvalue weighted by molar-refractivity contribution is 0.242. The minimum absolute atomic E-state index is 0.214. The molecule has 0 aliphatic carbocycles. The molecule has 1 aromatic carbocycles. The van der Waals surface area contributed by atoms with E-state index in [-0.39, 0.29) is 6.10 Å². The molecule has 0 fully saturated rings. The Morgan fingerprint density at radius 1 is 1.16 bits per heavy atom. The van der Waals surface area contributed by atoms with Gasteiger partial charge in [-0.3, -0.25) is 0 Å². The zero-order valence-corrected chi connectivity index (χ0v) is 11.9. The highest BCUT2D eigenvalue weighted by Crippen LogP contribution is 2.17. The van der Waals surface area contributed by atoms with Crippen LogP contribution in [0, 0.1) is 0 Å². The largest absolute Gasteiger partial charge is 0.491 e. The smallest absolute Gasteiger partial charge is 0.119 e. The minimum atomic E-state index is 0.214. The van der Waals surface area contributed by atoms with Gasteiger partial charge in [-0.05, 0) is 57.2 Å². The first-order valence-corrected chi connectivity index (χ1v) is 6.83. The van der Waals surface area contributed by atoms with Gasteiger partial charge in [0.05, 0.1) is 12.6 Å². The summed E-state index contributed by atoms with van der Waals surface area (Å²) in [5.41, 5.74) is 2.41. The van der Waals surface area contributed by atoms with E-state index in [2.05, 4.69) is 47.3 Å². The Labute approximate surface area is 115 Å². The molecule has 0 saturated heterocycles. The molecule has 102 valence electrons. The molecule has 1 heterocycles. The van der Waals surface area contributed by atoms with Crippen molar-refractivity contribution in [2.24, 2.45) is 0 Å². The second-order valence-corrected chi connectivity index (χ2v) is 4.83. The molecule has 0 bridgehead atoms. The Hall–Kier alpha value is -1.90. The lowest BCUT2D eigenvalue weighted by atomic mass is 10.3. The summed E-state index contributed by atoms with van der Waals surface area (Å²) in [7, 11) is 0. The fraction of sp³-hybridized carbons (Fsp3) is 0.375. The third-order valence-corrected chi connectivity index (χ3v) is 2.96. The number of ether oxygens (including phenoxy) is 1. The van der Waals surface area contributed by atoms with E-state index in [1.54, 1.807) is 0 Å². The van der Waals surface area contributed by atoms with Gasteiger partial charge in [-0.2, -0.15) is 0 Å². The van der Waals surface area contributed by atoms with E-state index in [0.717, 1.165) is 24.5 Å². The summed E-state index contributed by atoms with van der Waals surface area (Å²) in [4.78, 5) is 0. The van der Waals surface area contributed by atoms with Gasteiger partial charge in [-0.25, -0.2) is 0 Å². The van der Waals surface area contributed by atoms with Gasteiger partial charge in [0, 0.05) is 24.1 Å². The van der Waals surface area contributed by atoms with Crippen molar-refractivity contribution in [1.82, 2.24) is 4.57 Å². The zero-order valence-electron chi connectivity index (χ0n) is 11.9. The first-order chi connectivity index (χ1) is 9.19. The second-order valence-electron chi connectivity index (χ2n) is 4.83. The summed E-state index contributed by atoms with van der Waals surface area (Å²) in [6.07, 6.45) is 2.32. The van der Waals surface area contributed by atoms with Crippen molar-refractivity contribution in [3.05, 3.63) is 48.3 Å². The lowest BCUT2D eigenvalue weighted by Gasteiger charge is -2.12. The fourth-order valence-corrected chi connectivity index (χ4v) is 2.03. The number of hydrogen-bond acceptors (Lipinski definition) is 2. The van der Waals surface area contributed by atoms with Crippen molar-refractivity contribution >= 4 is 5.69 Å². The fourth-order valence-electron chi connectivity index (χ4n) is 2.03. The van der Waals surface area contributed by atoms with Crippen LogP contribution in [-0.4, -0.2) is 10.7 Å². The molecule has 3 heteroatoms. The minimum Gasteiger partial charge on any atom is -0.491 e. The van der Waals surface area contributed by atoms with Crippen molar-refractivity contribution in [3.63, 3.8) is 0 Å². The van der Waals surface area contributed by atoms with Crippen molar-refractivity contribution in [3.8, 4) is 5.75 Å². The molecular weight excluding hydrogens is 236 g/mol. The van der Waals surface area contributed by atoms with E-state index in [0.29, 0.717) is 0 Å².